The lowest BCUT2D eigenvalue weighted by molar-refractivity contribution is 0.1000. The zero-order valence-electron chi connectivity index (χ0n) is 14.7. The van der Waals surface area contributed by atoms with Crippen LogP contribution in [0.1, 0.15) is 50.9 Å². The standard InChI is InChI=1S/C19H21ClN2O3S/c1-3-10-4-6-12-15(8-10)26-19(16(12)17(21)23)22-18(24)13-9-11(20)5-7-14(13)25-2/h5,7,9-10H,3-4,6,8H2,1-2H3,(H2,21,23)(H,22,24). The van der Waals surface area contributed by atoms with E-state index in [9.17, 15) is 9.59 Å². The highest BCUT2D eigenvalue weighted by Crippen LogP contribution is 2.40. The lowest BCUT2D eigenvalue weighted by atomic mass is 9.85. The minimum absolute atomic E-state index is 0.313. The fraction of sp³-hybridized carbons (Fsp3) is 0.368. The monoisotopic (exact) mass is 392 g/mol. The normalized spacial score (nSPS) is 16.0. The van der Waals surface area contributed by atoms with E-state index in [-0.39, 0.29) is 5.91 Å². The third-order valence-electron chi connectivity index (χ3n) is 4.82. The molecule has 1 heterocycles. The van der Waals surface area contributed by atoms with Crippen molar-refractivity contribution < 1.29 is 14.3 Å². The Labute approximate surface area is 161 Å². The van der Waals surface area contributed by atoms with Gasteiger partial charge in [-0.1, -0.05) is 24.9 Å². The SMILES string of the molecule is CCC1CCc2c(sc(NC(=O)c3cc(Cl)ccc3OC)c2C(N)=O)C1. The molecule has 3 rings (SSSR count). The van der Waals surface area contributed by atoms with Gasteiger partial charge in [0.2, 0.25) is 0 Å². The van der Waals surface area contributed by atoms with E-state index in [1.54, 1.807) is 18.2 Å². The van der Waals surface area contributed by atoms with Gasteiger partial charge < -0.3 is 15.8 Å². The number of primary amides is 1. The second kappa shape index (κ2) is 7.68. The number of fused-ring (bicyclic) bond motifs is 1. The smallest absolute Gasteiger partial charge is 0.260 e. The molecule has 2 aromatic rings. The molecule has 1 aromatic carbocycles. The molecule has 0 spiro atoms. The van der Waals surface area contributed by atoms with Crippen LogP contribution in [0.5, 0.6) is 5.75 Å². The Hall–Kier alpha value is -2.05. The molecule has 1 aromatic heterocycles. The summed E-state index contributed by atoms with van der Waals surface area (Å²) in [6, 6.07) is 4.83. The number of nitrogens with one attached hydrogen (secondary N) is 1. The van der Waals surface area contributed by atoms with Crippen LogP contribution in [-0.4, -0.2) is 18.9 Å². The van der Waals surface area contributed by atoms with Gasteiger partial charge in [0.1, 0.15) is 10.8 Å². The molecule has 1 unspecified atom stereocenters. The highest BCUT2D eigenvalue weighted by Gasteiger charge is 2.28. The number of methoxy groups -OCH3 is 1. The molecule has 0 aliphatic heterocycles. The maximum atomic E-state index is 12.8. The molecule has 0 saturated carbocycles. The van der Waals surface area contributed by atoms with Gasteiger partial charge in [0, 0.05) is 9.90 Å². The third kappa shape index (κ3) is 3.57. The quantitative estimate of drug-likeness (QED) is 0.796. The highest BCUT2D eigenvalue weighted by molar-refractivity contribution is 7.17. The van der Waals surface area contributed by atoms with Gasteiger partial charge in [-0.05, 0) is 48.9 Å². The van der Waals surface area contributed by atoms with Crippen molar-refractivity contribution in [3.8, 4) is 5.75 Å². The van der Waals surface area contributed by atoms with Gasteiger partial charge in [-0.25, -0.2) is 0 Å². The van der Waals surface area contributed by atoms with Crippen LogP contribution >= 0.6 is 22.9 Å². The van der Waals surface area contributed by atoms with Crippen LogP contribution in [0.25, 0.3) is 0 Å². The molecule has 0 saturated heterocycles. The minimum atomic E-state index is -0.509. The van der Waals surface area contributed by atoms with Gasteiger partial charge in [0.05, 0.1) is 18.2 Å². The summed E-state index contributed by atoms with van der Waals surface area (Å²) in [7, 11) is 1.49. The second-order valence-electron chi connectivity index (χ2n) is 6.39. The van der Waals surface area contributed by atoms with Crippen molar-refractivity contribution in [2.24, 2.45) is 11.7 Å². The molecule has 5 nitrogen and oxygen atoms in total. The van der Waals surface area contributed by atoms with Crippen molar-refractivity contribution in [2.45, 2.75) is 32.6 Å². The Bertz CT molecular complexity index is 863. The summed E-state index contributed by atoms with van der Waals surface area (Å²) in [6.07, 6.45) is 3.88. The predicted octanol–water partition coefficient (Wildman–Crippen LogP) is 4.28. The van der Waals surface area contributed by atoms with Crippen molar-refractivity contribution in [3.63, 3.8) is 0 Å². The Kier molecular flexibility index (Phi) is 5.53. The molecule has 7 heteroatoms. The largest absolute Gasteiger partial charge is 0.496 e. The number of benzene rings is 1. The molecule has 0 bridgehead atoms. The van der Waals surface area contributed by atoms with Gasteiger partial charge in [-0.15, -0.1) is 11.3 Å². The number of halogens is 1. The van der Waals surface area contributed by atoms with E-state index >= 15 is 0 Å². The molecule has 1 atom stereocenters. The molecule has 138 valence electrons. The summed E-state index contributed by atoms with van der Waals surface area (Å²) in [5.41, 5.74) is 7.35. The summed E-state index contributed by atoms with van der Waals surface area (Å²) in [5.74, 6) is 0.140. The van der Waals surface area contributed by atoms with E-state index in [0.717, 1.165) is 36.1 Å². The Morgan fingerprint density at radius 3 is 2.85 bits per heavy atom. The number of hydrogen-bond acceptors (Lipinski definition) is 4. The topological polar surface area (TPSA) is 81.4 Å². The van der Waals surface area contributed by atoms with E-state index in [1.807, 2.05) is 0 Å². The number of nitrogens with two attached hydrogens (primary N) is 1. The van der Waals surface area contributed by atoms with Gasteiger partial charge in [-0.2, -0.15) is 0 Å². The summed E-state index contributed by atoms with van der Waals surface area (Å²) in [6.45, 7) is 2.17. The van der Waals surface area contributed by atoms with Gasteiger partial charge in [0.25, 0.3) is 11.8 Å². The average Bonchev–Trinajstić information content (AvgIpc) is 2.98. The number of rotatable bonds is 5. The maximum absolute atomic E-state index is 12.8. The van der Waals surface area contributed by atoms with Crippen molar-refractivity contribution in [2.75, 3.05) is 12.4 Å². The maximum Gasteiger partial charge on any atom is 0.260 e. The van der Waals surface area contributed by atoms with E-state index in [0.29, 0.717) is 32.8 Å². The molecule has 1 aliphatic carbocycles. The van der Waals surface area contributed by atoms with Crippen LogP contribution < -0.4 is 15.8 Å². The Morgan fingerprint density at radius 2 is 2.19 bits per heavy atom. The molecular formula is C19H21ClN2O3S. The fourth-order valence-electron chi connectivity index (χ4n) is 3.38. The van der Waals surface area contributed by atoms with Crippen molar-refractivity contribution >= 4 is 39.8 Å². The zero-order chi connectivity index (χ0) is 18.8. The van der Waals surface area contributed by atoms with Crippen LogP contribution in [0.15, 0.2) is 18.2 Å². The first-order chi connectivity index (χ1) is 12.4. The van der Waals surface area contributed by atoms with Crippen LogP contribution in [0.2, 0.25) is 5.02 Å². The lowest BCUT2D eigenvalue weighted by Crippen LogP contribution is -2.20. The Balaban J connectivity index is 1.95. The lowest BCUT2D eigenvalue weighted by Gasteiger charge is -2.20. The number of amides is 2. The van der Waals surface area contributed by atoms with Gasteiger partial charge in [-0.3, -0.25) is 9.59 Å². The second-order valence-corrected chi connectivity index (χ2v) is 7.93. The van der Waals surface area contributed by atoms with Crippen LogP contribution in [0, 0.1) is 5.92 Å². The summed E-state index contributed by atoms with van der Waals surface area (Å²) in [5, 5.41) is 3.78. The molecule has 3 N–H and O–H groups in total. The highest BCUT2D eigenvalue weighted by atomic mass is 35.5. The molecule has 1 aliphatic rings. The Morgan fingerprint density at radius 1 is 1.42 bits per heavy atom. The first-order valence-corrected chi connectivity index (χ1v) is 9.73. The number of carbonyl (C=O) groups excluding carboxylic acids is 2. The number of ether oxygens (including phenoxy) is 1. The predicted molar refractivity (Wildman–Crippen MR) is 105 cm³/mol. The van der Waals surface area contributed by atoms with Crippen molar-refractivity contribution in [1.82, 2.24) is 0 Å². The van der Waals surface area contributed by atoms with Gasteiger partial charge >= 0.3 is 0 Å². The first kappa shape index (κ1) is 18.7. The van der Waals surface area contributed by atoms with E-state index < -0.39 is 5.91 Å². The molecule has 26 heavy (non-hydrogen) atoms. The van der Waals surface area contributed by atoms with Crippen molar-refractivity contribution in [3.05, 3.63) is 44.8 Å². The summed E-state index contributed by atoms with van der Waals surface area (Å²) < 4.78 is 5.24. The zero-order valence-corrected chi connectivity index (χ0v) is 16.3. The van der Waals surface area contributed by atoms with Crippen LogP contribution in [-0.2, 0) is 12.8 Å². The summed E-state index contributed by atoms with van der Waals surface area (Å²) in [4.78, 5) is 25.9. The number of thiophene rings is 1. The number of carbonyl (C=O) groups is 2. The van der Waals surface area contributed by atoms with Crippen molar-refractivity contribution in [1.29, 1.82) is 0 Å². The summed E-state index contributed by atoms with van der Waals surface area (Å²) >= 11 is 7.45. The molecule has 0 fully saturated rings. The van der Waals surface area contributed by atoms with Gasteiger partial charge in [0.15, 0.2) is 0 Å². The third-order valence-corrected chi connectivity index (χ3v) is 6.23. The van der Waals surface area contributed by atoms with Crippen LogP contribution in [0.4, 0.5) is 5.00 Å². The number of hydrogen-bond donors (Lipinski definition) is 2. The minimum Gasteiger partial charge on any atom is -0.496 e. The first-order valence-electron chi connectivity index (χ1n) is 8.53. The molecule has 2 amide bonds. The average molecular weight is 393 g/mol. The van der Waals surface area contributed by atoms with E-state index in [2.05, 4.69) is 12.2 Å². The number of anilines is 1. The van der Waals surface area contributed by atoms with E-state index in [4.69, 9.17) is 22.1 Å². The molecule has 0 radical (unpaired) electrons. The fourth-order valence-corrected chi connectivity index (χ4v) is 4.91. The molecular weight excluding hydrogens is 372 g/mol. The van der Waals surface area contributed by atoms with Crippen LogP contribution in [0.3, 0.4) is 0 Å². The van der Waals surface area contributed by atoms with E-state index in [1.165, 1.54) is 18.4 Å².